The maximum absolute atomic E-state index is 13.0. The van der Waals surface area contributed by atoms with Gasteiger partial charge in [0.25, 0.3) is 5.56 Å². The Morgan fingerprint density at radius 3 is 2.58 bits per heavy atom. The van der Waals surface area contributed by atoms with Crippen LogP contribution in [0.15, 0.2) is 66.1 Å². The summed E-state index contributed by atoms with van der Waals surface area (Å²) >= 11 is 0. The van der Waals surface area contributed by atoms with Crippen molar-refractivity contribution in [3.8, 4) is 22.6 Å². The van der Waals surface area contributed by atoms with Gasteiger partial charge >= 0.3 is 0 Å². The number of nitrogens with zero attached hydrogens (tertiary/aromatic N) is 4. The molecule has 0 radical (unpaired) electrons. The number of ether oxygens (including phenoxy) is 1. The number of benzene rings is 1. The lowest BCUT2D eigenvalue weighted by molar-refractivity contribution is 0.0553. The lowest BCUT2D eigenvalue weighted by Gasteiger charge is -2.17. The molecule has 2 N–H and O–H groups in total. The first-order valence-electron chi connectivity index (χ1n) is 9.95. The van der Waals surface area contributed by atoms with E-state index in [0.29, 0.717) is 35.4 Å². The summed E-state index contributed by atoms with van der Waals surface area (Å²) < 4.78 is 8.68. The normalized spacial score (nSPS) is 11.7. The van der Waals surface area contributed by atoms with Gasteiger partial charge in [0.1, 0.15) is 18.8 Å². The Kier molecular flexibility index (Phi) is 5.58. The molecule has 4 rings (SSSR count). The topological polar surface area (TPSA) is 102 Å². The van der Waals surface area contributed by atoms with Crippen molar-refractivity contribution >= 4 is 11.0 Å². The van der Waals surface area contributed by atoms with Crippen LogP contribution >= 0.6 is 0 Å². The van der Waals surface area contributed by atoms with E-state index in [-0.39, 0.29) is 5.56 Å². The fourth-order valence-electron chi connectivity index (χ4n) is 3.32. The zero-order valence-electron chi connectivity index (χ0n) is 17.4. The monoisotopic (exact) mass is 420 g/mol. The summed E-state index contributed by atoms with van der Waals surface area (Å²) in [6.45, 7) is 3.43. The molecule has 8 nitrogen and oxygen atoms in total. The Morgan fingerprint density at radius 2 is 1.94 bits per heavy atom. The predicted molar refractivity (Wildman–Crippen MR) is 117 cm³/mol. The Hall–Kier alpha value is -3.49. The van der Waals surface area contributed by atoms with Crippen LogP contribution in [0.2, 0.25) is 0 Å². The fourth-order valence-corrected chi connectivity index (χ4v) is 3.32. The molecule has 4 aromatic rings. The number of fused-ring (bicyclic) bond motifs is 1. The molecule has 0 atom stereocenters. The second kappa shape index (κ2) is 8.33. The van der Waals surface area contributed by atoms with Crippen LogP contribution in [0, 0.1) is 0 Å². The Labute approximate surface area is 179 Å². The largest absolute Gasteiger partial charge is 0.493 e. The molecular formula is C23H24N4O4. The quantitative estimate of drug-likeness (QED) is 0.477. The summed E-state index contributed by atoms with van der Waals surface area (Å²) in [7, 11) is 0. The first-order chi connectivity index (χ1) is 14.9. The first-order valence-corrected chi connectivity index (χ1v) is 9.95. The minimum Gasteiger partial charge on any atom is -0.493 e. The van der Waals surface area contributed by atoms with E-state index < -0.39 is 12.3 Å². The number of aliphatic hydroxyl groups excluding tert-OH is 1. The summed E-state index contributed by atoms with van der Waals surface area (Å²) in [5, 5.41) is 19.7. The minimum atomic E-state index is -0.784. The second-order valence-corrected chi connectivity index (χ2v) is 7.92. The van der Waals surface area contributed by atoms with Gasteiger partial charge in [-0.25, -0.2) is 4.98 Å². The van der Waals surface area contributed by atoms with E-state index in [2.05, 4.69) is 9.97 Å². The fraction of sp³-hybridized carbons (Fsp3) is 0.261. The number of hydrogen-bond acceptors (Lipinski definition) is 6. The number of rotatable bonds is 7. The Bertz CT molecular complexity index is 1240. The zero-order chi connectivity index (χ0) is 22.0. The van der Waals surface area contributed by atoms with Crippen molar-refractivity contribution < 1.29 is 14.9 Å². The Balaban J connectivity index is 1.76. The number of pyridine rings is 1. The van der Waals surface area contributed by atoms with Crippen molar-refractivity contribution in [1.29, 1.82) is 0 Å². The van der Waals surface area contributed by atoms with Crippen LogP contribution in [0.3, 0.4) is 0 Å². The molecule has 0 aliphatic heterocycles. The minimum absolute atomic E-state index is 0.323. The third-order valence-corrected chi connectivity index (χ3v) is 5.00. The van der Waals surface area contributed by atoms with Crippen molar-refractivity contribution in [3.05, 3.63) is 71.7 Å². The first kappa shape index (κ1) is 20.8. The Morgan fingerprint density at radius 1 is 1.16 bits per heavy atom. The van der Waals surface area contributed by atoms with Crippen molar-refractivity contribution in [2.45, 2.75) is 32.6 Å². The molecule has 0 spiro atoms. The van der Waals surface area contributed by atoms with Crippen LogP contribution in [0.1, 0.15) is 20.3 Å². The highest BCUT2D eigenvalue weighted by atomic mass is 16.5. The van der Waals surface area contributed by atoms with Gasteiger partial charge in [0.2, 0.25) is 0 Å². The van der Waals surface area contributed by atoms with Crippen LogP contribution in [-0.2, 0) is 6.73 Å². The van der Waals surface area contributed by atoms with E-state index in [1.807, 2.05) is 47.2 Å². The van der Waals surface area contributed by atoms with Crippen molar-refractivity contribution in [1.82, 2.24) is 19.1 Å². The molecule has 0 unspecified atom stereocenters. The summed E-state index contributed by atoms with van der Waals surface area (Å²) in [6, 6.07) is 11.1. The highest BCUT2D eigenvalue weighted by Gasteiger charge is 2.18. The molecule has 0 aliphatic rings. The summed E-state index contributed by atoms with van der Waals surface area (Å²) in [5.41, 5.74) is 1.67. The maximum atomic E-state index is 13.0. The molecule has 0 amide bonds. The van der Waals surface area contributed by atoms with E-state index in [4.69, 9.17) is 4.74 Å². The van der Waals surface area contributed by atoms with Crippen molar-refractivity contribution in [2.24, 2.45) is 0 Å². The molecule has 3 heterocycles. The van der Waals surface area contributed by atoms with Gasteiger partial charge in [0.05, 0.1) is 29.5 Å². The SMILES string of the molecule is CC(C)(O)CCOc1ccc(-c2cn(-c3cccnc3)c3ncn(CO)c(=O)c23)cc1. The van der Waals surface area contributed by atoms with E-state index in [0.717, 1.165) is 15.8 Å². The molecule has 0 saturated heterocycles. The van der Waals surface area contributed by atoms with Gasteiger partial charge in [-0.1, -0.05) is 12.1 Å². The number of aliphatic hydroxyl groups is 2. The standard InChI is InChI=1S/C23H24N4O4/c1-23(2,30)9-11-31-18-7-5-16(6-8-18)19-13-27(17-4-3-10-24-12-17)21-20(19)22(29)26(15-28)14-25-21/h3-8,10,12-14,28,30H,9,11,15H2,1-2H3. The molecule has 160 valence electrons. The second-order valence-electron chi connectivity index (χ2n) is 7.92. The van der Waals surface area contributed by atoms with Crippen LogP contribution in [0.4, 0.5) is 0 Å². The van der Waals surface area contributed by atoms with Gasteiger partial charge < -0.3 is 14.9 Å². The smallest absolute Gasteiger partial charge is 0.265 e. The average molecular weight is 420 g/mol. The molecule has 31 heavy (non-hydrogen) atoms. The summed E-state index contributed by atoms with van der Waals surface area (Å²) in [5.74, 6) is 0.676. The van der Waals surface area contributed by atoms with Gasteiger partial charge in [0, 0.05) is 24.4 Å². The number of hydrogen-bond donors (Lipinski definition) is 2. The maximum Gasteiger partial charge on any atom is 0.265 e. The van der Waals surface area contributed by atoms with Gasteiger partial charge in [-0.3, -0.25) is 18.9 Å². The van der Waals surface area contributed by atoms with Gasteiger partial charge in [-0.05, 0) is 43.7 Å². The van der Waals surface area contributed by atoms with Gasteiger partial charge in [-0.2, -0.15) is 0 Å². The van der Waals surface area contributed by atoms with Crippen molar-refractivity contribution in [3.63, 3.8) is 0 Å². The summed E-state index contributed by atoms with van der Waals surface area (Å²) in [4.78, 5) is 21.5. The molecule has 1 aromatic carbocycles. The molecule has 0 fully saturated rings. The lowest BCUT2D eigenvalue weighted by atomic mass is 10.1. The molecule has 0 aliphatic carbocycles. The highest BCUT2D eigenvalue weighted by molar-refractivity contribution is 5.94. The van der Waals surface area contributed by atoms with Crippen LogP contribution < -0.4 is 10.3 Å². The number of aromatic nitrogens is 4. The van der Waals surface area contributed by atoms with Crippen molar-refractivity contribution in [2.75, 3.05) is 6.61 Å². The predicted octanol–water partition coefficient (Wildman–Crippen LogP) is 2.74. The third-order valence-electron chi connectivity index (χ3n) is 5.00. The van der Waals surface area contributed by atoms with Crippen LogP contribution in [-0.4, -0.2) is 41.5 Å². The van der Waals surface area contributed by atoms with E-state index in [9.17, 15) is 15.0 Å². The van der Waals surface area contributed by atoms with E-state index in [1.165, 1.54) is 6.33 Å². The van der Waals surface area contributed by atoms with Gasteiger partial charge in [0.15, 0.2) is 5.65 Å². The molecule has 0 saturated carbocycles. The summed E-state index contributed by atoms with van der Waals surface area (Å²) in [6.07, 6.45) is 7.07. The third kappa shape index (κ3) is 4.35. The lowest BCUT2D eigenvalue weighted by Crippen LogP contribution is -2.21. The average Bonchev–Trinajstić information content (AvgIpc) is 3.15. The molecular weight excluding hydrogens is 396 g/mol. The van der Waals surface area contributed by atoms with Crippen LogP contribution in [0.25, 0.3) is 27.8 Å². The highest BCUT2D eigenvalue weighted by Crippen LogP contribution is 2.30. The van der Waals surface area contributed by atoms with Crippen LogP contribution in [0.5, 0.6) is 5.75 Å². The molecule has 0 bridgehead atoms. The molecule has 8 heteroatoms. The zero-order valence-corrected chi connectivity index (χ0v) is 17.4. The van der Waals surface area contributed by atoms with E-state index in [1.54, 1.807) is 26.2 Å². The van der Waals surface area contributed by atoms with E-state index >= 15 is 0 Å². The van der Waals surface area contributed by atoms with Gasteiger partial charge in [-0.15, -0.1) is 0 Å². The molecule has 3 aromatic heterocycles.